The van der Waals surface area contributed by atoms with Crippen molar-refractivity contribution in [2.75, 3.05) is 50.8 Å². The largest absolute Gasteiger partial charge is 0.373 e. The van der Waals surface area contributed by atoms with Crippen LogP contribution >= 0.6 is 11.6 Å². The third-order valence-corrected chi connectivity index (χ3v) is 4.75. The fourth-order valence-corrected chi connectivity index (χ4v) is 3.36. The second kappa shape index (κ2) is 7.75. The van der Waals surface area contributed by atoms with Crippen molar-refractivity contribution in [3.8, 4) is 0 Å². The molecule has 0 spiro atoms. The minimum absolute atomic E-state index is 0.864. The van der Waals surface area contributed by atoms with Crippen LogP contribution in [0.25, 0.3) is 0 Å². The van der Waals surface area contributed by atoms with Gasteiger partial charge in [0.25, 0.3) is 0 Å². The van der Waals surface area contributed by atoms with Crippen LogP contribution in [0.4, 0.5) is 5.69 Å². The van der Waals surface area contributed by atoms with E-state index in [4.69, 9.17) is 11.6 Å². The molecule has 3 rings (SSSR count). The van der Waals surface area contributed by atoms with Gasteiger partial charge in [-0.1, -0.05) is 23.7 Å². The topological polar surface area (TPSA) is 21.8 Å². The summed E-state index contributed by atoms with van der Waals surface area (Å²) in [6.45, 7) is 7.75. The van der Waals surface area contributed by atoms with Crippen molar-refractivity contribution < 1.29 is 0 Å². The number of anilines is 1. The Labute approximate surface area is 138 Å². The van der Waals surface area contributed by atoms with Crippen molar-refractivity contribution in [3.05, 3.63) is 41.7 Å². The molecule has 0 aromatic heterocycles. The van der Waals surface area contributed by atoms with Gasteiger partial charge < -0.3 is 15.1 Å². The van der Waals surface area contributed by atoms with Gasteiger partial charge in [-0.25, -0.2) is 0 Å². The van der Waals surface area contributed by atoms with E-state index in [1.54, 1.807) is 0 Å². The zero-order chi connectivity index (χ0) is 15.2. The van der Waals surface area contributed by atoms with Crippen molar-refractivity contribution >= 4 is 17.3 Å². The van der Waals surface area contributed by atoms with Crippen molar-refractivity contribution in [3.63, 3.8) is 0 Å². The lowest BCUT2D eigenvalue weighted by Crippen LogP contribution is -2.46. The fraction of sp³-hybridized carbons (Fsp3) is 0.529. The number of unbranched alkanes of at least 4 members (excludes halogenated alkanes) is 1. The van der Waals surface area contributed by atoms with Gasteiger partial charge in [-0.05, 0) is 31.5 Å². The maximum absolute atomic E-state index is 6.29. The number of para-hydroxylation sites is 1. The molecule has 0 amide bonds. The standard InChI is InChI=1S/C17H25ClN4/c18-16-5-1-2-6-17(16)22-13-11-20(12-14-22)8-3-4-9-21-10-7-19-15-21/h1-2,5-7,10,19H,3-4,8-9,11-15H2. The number of hydrogen-bond donors (Lipinski definition) is 1. The summed E-state index contributed by atoms with van der Waals surface area (Å²) >= 11 is 6.29. The Hall–Kier alpha value is -1.39. The van der Waals surface area contributed by atoms with Crippen molar-refractivity contribution in [1.29, 1.82) is 0 Å². The first kappa shape index (κ1) is 15.5. The Bertz CT molecular complexity index is 497. The highest BCUT2D eigenvalue weighted by Crippen LogP contribution is 2.26. The van der Waals surface area contributed by atoms with E-state index in [1.165, 1.54) is 25.1 Å². The molecule has 0 atom stereocenters. The SMILES string of the molecule is Clc1ccccc1N1CCN(CCCCN2C=CNC2)CC1. The van der Waals surface area contributed by atoms with E-state index in [0.29, 0.717) is 0 Å². The van der Waals surface area contributed by atoms with Gasteiger partial charge in [-0.2, -0.15) is 0 Å². The third kappa shape index (κ3) is 4.08. The summed E-state index contributed by atoms with van der Waals surface area (Å²) in [6.07, 6.45) is 6.70. The van der Waals surface area contributed by atoms with Gasteiger partial charge in [-0.15, -0.1) is 0 Å². The molecule has 0 bridgehead atoms. The molecule has 5 heteroatoms. The lowest BCUT2D eigenvalue weighted by atomic mass is 10.2. The molecule has 2 heterocycles. The molecular weight excluding hydrogens is 296 g/mol. The van der Waals surface area contributed by atoms with Crippen LogP contribution in [-0.2, 0) is 0 Å². The minimum Gasteiger partial charge on any atom is -0.373 e. The van der Waals surface area contributed by atoms with Crippen molar-refractivity contribution in [2.24, 2.45) is 0 Å². The number of nitrogens with one attached hydrogen (secondary N) is 1. The molecule has 2 aliphatic rings. The Morgan fingerprint density at radius 1 is 1.00 bits per heavy atom. The molecule has 4 nitrogen and oxygen atoms in total. The monoisotopic (exact) mass is 320 g/mol. The van der Waals surface area contributed by atoms with Crippen LogP contribution in [0.3, 0.4) is 0 Å². The highest BCUT2D eigenvalue weighted by molar-refractivity contribution is 6.33. The van der Waals surface area contributed by atoms with E-state index >= 15 is 0 Å². The molecule has 0 radical (unpaired) electrons. The predicted molar refractivity (Wildman–Crippen MR) is 93.2 cm³/mol. The summed E-state index contributed by atoms with van der Waals surface area (Å²) in [7, 11) is 0. The molecule has 0 saturated carbocycles. The van der Waals surface area contributed by atoms with E-state index in [9.17, 15) is 0 Å². The van der Waals surface area contributed by atoms with Gasteiger partial charge in [0.15, 0.2) is 0 Å². The number of hydrogen-bond acceptors (Lipinski definition) is 4. The molecule has 120 valence electrons. The average Bonchev–Trinajstić information content (AvgIpc) is 3.06. The minimum atomic E-state index is 0.864. The summed E-state index contributed by atoms with van der Waals surface area (Å²) in [5.74, 6) is 0. The van der Waals surface area contributed by atoms with Crippen LogP contribution in [0.5, 0.6) is 0 Å². The van der Waals surface area contributed by atoms with Gasteiger partial charge in [0.05, 0.1) is 17.4 Å². The fourth-order valence-electron chi connectivity index (χ4n) is 3.11. The first-order chi connectivity index (χ1) is 10.8. The van der Waals surface area contributed by atoms with Crippen LogP contribution in [0, 0.1) is 0 Å². The second-order valence-electron chi connectivity index (χ2n) is 5.98. The van der Waals surface area contributed by atoms with E-state index in [2.05, 4.69) is 38.3 Å². The highest BCUT2D eigenvalue weighted by Gasteiger charge is 2.18. The lowest BCUT2D eigenvalue weighted by molar-refractivity contribution is 0.247. The quantitative estimate of drug-likeness (QED) is 0.813. The normalized spacial score (nSPS) is 18.8. The molecule has 0 aliphatic carbocycles. The van der Waals surface area contributed by atoms with Crippen molar-refractivity contribution in [2.45, 2.75) is 12.8 Å². The molecule has 22 heavy (non-hydrogen) atoms. The number of halogens is 1. The van der Waals surface area contributed by atoms with E-state index < -0.39 is 0 Å². The highest BCUT2D eigenvalue weighted by atomic mass is 35.5. The van der Waals surface area contributed by atoms with Crippen LogP contribution in [0.2, 0.25) is 5.02 Å². The lowest BCUT2D eigenvalue weighted by Gasteiger charge is -2.36. The van der Waals surface area contributed by atoms with Crippen LogP contribution < -0.4 is 10.2 Å². The Kier molecular flexibility index (Phi) is 5.46. The van der Waals surface area contributed by atoms with Crippen LogP contribution in [-0.4, -0.2) is 55.7 Å². The zero-order valence-electron chi connectivity index (χ0n) is 13.0. The first-order valence-electron chi connectivity index (χ1n) is 8.19. The smallest absolute Gasteiger partial charge is 0.0867 e. The summed E-state index contributed by atoms with van der Waals surface area (Å²) in [4.78, 5) is 7.31. The van der Waals surface area contributed by atoms with E-state index in [-0.39, 0.29) is 0 Å². The maximum Gasteiger partial charge on any atom is 0.0867 e. The summed E-state index contributed by atoms with van der Waals surface area (Å²) in [6, 6.07) is 8.16. The molecule has 0 unspecified atom stereocenters. The van der Waals surface area contributed by atoms with Gasteiger partial charge in [-0.3, -0.25) is 4.90 Å². The Morgan fingerprint density at radius 2 is 1.77 bits per heavy atom. The molecule has 1 saturated heterocycles. The number of rotatable bonds is 6. The first-order valence-corrected chi connectivity index (χ1v) is 8.57. The molecule has 1 aromatic carbocycles. The second-order valence-corrected chi connectivity index (χ2v) is 6.38. The summed E-state index contributed by atoms with van der Waals surface area (Å²) in [5.41, 5.74) is 1.18. The maximum atomic E-state index is 6.29. The molecule has 1 fully saturated rings. The third-order valence-electron chi connectivity index (χ3n) is 4.43. The van der Waals surface area contributed by atoms with Gasteiger partial charge in [0.1, 0.15) is 0 Å². The number of nitrogens with zero attached hydrogens (tertiary/aromatic N) is 3. The van der Waals surface area contributed by atoms with Crippen LogP contribution in [0.15, 0.2) is 36.7 Å². The number of benzene rings is 1. The van der Waals surface area contributed by atoms with Crippen molar-refractivity contribution in [1.82, 2.24) is 15.1 Å². The zero-order valence-corrected chi connectivity index (χ0v) is 13.8. The predicted octanol–water partition coefficient (Wildman–Crippen LogP) is 2.58. The van der Waals surface area contributed by atoms with Gasteiger partial charge in [0.2, 0.25) is 0 Å². The van der Waals surface area contributed by atoms with Crippen LogP contribution in [0.1, 0.15) is 12.8 Å². The van der Waals surface area contributed by atoms with Gasteiger partial charge in [0, 0.05) is 45.1 Å². The molecule has 1 aromatic rings. The van der Waals surface area contributed by atoms with Gasteiger partial charge >= 0.3 is 0 Å². The Balaban J connectivity index is 1.35. The van der Waals surface area contributed by atoms with E-state index in [0.717, 1.165) is 44.4 Å². The Morgan fingerprint density at radius 3 is 2.50 bits per heavy atom. The molecular formula is C17H25ClN4. The average molecular weight is 321 g/mol. The summed E-state index contributed by atoms with van der Waals surface area (Å²) < 4.78 is 0. The van der Waals surface area contributed by atoms with E-state index in [1.807, 2.05) is 18.3 Å². The molecule has 1 N–H and O–H groups in total. The summed E-state index contributed by atoms with van der Waals surface area (Å²) in [5, 5.41) is 4.07. The number of piperazine rings is 1. The molecule has 2 aliphatic heterocycles.